The van der Waals surface area contributed by atoms with Gasteiger partial charge in [0.1, 0.15) is 17.2 Å². The first-order valence-electron chi connectivity index (χ1n) is 19.3. The van der Waals surface area contributed by atoms with E-state index in [2.05, 4.69) is 183 Å². The quantitative estimate of drug-likeness (QED) is 0.192. The van der Waals surface area contributed by atoms with Crippen molar-refractivity contribution in [2.45, 2.75) is 47.0 Å². The SMILES string of the molecule is Cc1cc(C)c(-c2c(-c3ccccc3)n[nH]c2-c2ccc3c4ccccc4n(-c4ccc5c6ccccc6n(-c6cc(C(C)(C)C)ccn6)c5c4)c3n2)c(C)c1. The Balaban J connectivity index is 1.23. The van der Waals surface area contributed by atoms with Crippen molar-refractivity contribution in [3.8, 4) is 45.3 Å². The van der Waals surface area contributed by atoms with E-state index in [0.29, 0.717) is 0 Å². The van der Waals surface area contributed by atoms with E-state index in [1.165, 1.54) is 38.6 Å². The molecule has 0 saturated carbocycles. The lowest BCUT2D eigenvalue weighted by molar-refractivity contribution is 0.588. The molecule has 1 N–H and O–H groups in total. The Morgan fingerprint density at radius 2 is 1.21 bits per heavy atom. The molecule has 5 aromatic heterocycles. The van der Waals surface area contributed by atoms with Gasteiger partial charge in [-0.2, -0.15) is 5.10 Å². The van der Waals surface area contributed by atoms with Gasteiger partial charge in [0.25, 0.3) is 0 Å². The van der Waals surface area contributed by atoms with Crippen LogP contribution < -0.4 is 0 Å². The van der Waals surface area contributed by atoms with Gasteiger partial charge in [0.15, 0.2) is 0 Å². The molecule has 56 heavy (non-hydrogen) atoms. The molecule has 10 rings (SSSR count). The highest BCUT2D eigenvalue weighted by atomic mass is 15.1. The topological polar surface area (TPSA) is 64.3 Å². The monoisotopic (exact) mass is 726 g/mol. The van der Waals surface area contributed by atoms with Gasteiger partial charge in [-0.15, -0.1) is 0 Å². The first-order chi connectivity index (χ1) is 27.2. The predicted molar refractivity (Wildman–Crippen MR) is 232 cm³/mol. The summed E-state index contributed by atoms with van der Waals surface area (Å²) in [5.41, 5.74) is 16.1. The largest absolute Gasteiger partial charge is 0.294 e. The lowest BCUT2D eigenvalue weighted by Crippen LogP contribution is -2.12. The van der Waals surface area contributed by atoms with Crippen molar-refractivity contribution in [1.82, 2.24) is 29.3 Å². The molecule has 0 radical (unpaired) electrons. The van der Waals surface area contributed by atoms with Gasteiger partial charge in [-0.3, -0.25) is 14.2 Å². The number of hydrogen-bond donors (Lipinski definition) is 1. The molecule has 0 aliphatic rings. The molecule has 5 aromatic carbocycles. The van der Waals surface area contributed by atoms with Crippen LogP contribution in [0.1, 0.15) is 43.0 Å². The molecule has 6 heteroatoms. The minimum absolute atomic E-state index is 0.0127. The highest BCUT2D eigenvalue weighted by Gasteiger charge is 2.24. The van der Waals surface area contributed by atoms with Crippen LogP contribution in [0.2, 0.25) is 0 Å². The number of aromatic nitrogens is 6. The second-order valence-corrected chi connectivity index (χ2v) is 16.1. The van der Waals surface area contributed by atoms with E-state index in [1.54, 1.807) is 0 Å². The number of fused-ring (bicyclic) bond motifs is 6. The van der Waals surface area contributed by atoms with Gasteiger partial charge in [-0.25, -0.2) is 9.97 Å². The smallest absolute Gasteiger partial charge is 0.146 e. The third kappa shape index (κ3) is 5.28. The van der Waals surface area contributed by atoms with Crippen LogP contribution in [0.25, 0.3) is 89.0 Å². The maximum absolute atomic E-state index is 5.54. The number of rotatable bonds is 5. The number of para-hydroxylation sites is 2. The summed E-state index contributed by atoms with van der Waals surface area (Å²) in [4.78, 5) is 10.5. The minimum Gasteiger partial charge on any atom is -0.294 e. The second kappa shape index (κ2) is 12.6. The zero-order valence-electron chi connectivity index (χ0n) is 32.5. The summed E-state index contributed by atoms with van der Waals surface area (Å²) in [5, 5.41) is 13.1. The van der Waals surface area contributed by atoms with Crippen LogP contribution in [0.4, 0.5) is 0 Å². The van der Waals surface area contributed by atoms with Crippen molar-refractivity contribution >= 4 is 43.7 Å². The van der Waals surface area contributed by atoms with Gasteiger partial charge in [0, 0.05) is 44.6 Å². The minimum atomic E-state index is -0.0127. The molecule has 0 saturated heterocycles. The fourth-order valence-corrected chi connectivity index (χ4v) is 8.74. The van der Waals surface area contributed by atoms with Gasteiger partial charge in [-0.1, -0.05) is 111 Å². The molecule has 0 aliphatic carbocycles. The second-order valence-electron chi connectivity index (χ2n) is 16.1. The van der Waals surface area contributed by atoms with Gasteiger partial charge in [0.2, 0.25) is 0 Å². The molecule has 0 atom stereocenters. The van der Waals surface area contributed by atoms with Crippen LogP contribution >= 0.6 is 0 Å². The Hall–Kier alpha value is -6.79. The molecule has 0 amide bonds. The molecule has 0 fully saturated rings. The van der Waals surface area contributed by atoms with Gasteiger partial charge >= 0.3 is 0 Å². The fraction of sp³-hybridized carbons (Fsp3) is 0.140. The molecule has 6 nitrogen and oxygen atoms in total. The summed E-state index contributed by atoms with van der Waals surface area (Å²) in [5.74, 6) is 0.908. The van der Waals surface area contributed by atoms with Gasteiger partial charge < -0.3 is 0 Å². The average molecular weight is 727 g/mol. The first kappa shape index (κ1) is 33.8. The standard InChI is InChI=1S/C50H42N6/c1-30-26-31(2)45(32(3)27-30)46-47(33-14-8-7-9-15-33)53-54-48(46)40-23-22-39-37-17-11-12-18-41(37)55(49(39)52-40)35-20-21-38-36-16-10-13-19-42(36)56(43(38)29-35)44-28-34(24-25-51-44)50(4,5)6/h7-29H,1-6H3,(H,53,54). The molecule has 0 spiro atoms. The number of pyridine rings is 2. The van der Waals surface area contributed by atoms with Crippen molar-refractivity contribution in [2.24, 2.45) is 0 Å². The van der Waals surface area contributed by atoms with Crippen LogP contribution in [-0.2, 0) is 5.41 Å². The van der Waals surface area contributed by atoms with Crippen LogP contribution in [0.5, 0.6) is 0 Å². The van der Waals surface area contributed by atoms with Gasteiger partial charge in [-0.05, 0) is 97.0 Å². The van der Waals surface area contributed by atoms with E-state index >= 15 is 0 Å². The van der Waals surface area contributed by atoms with Crippen molar-refractivity contribution in [2.75, 3.05) is 0 Å². The van der Waals surface area contributed by atoms with Crippen LogP contribution in [0.15, 0.2) is 140 Å². The summed E-state index contributed by atoms with van der Waals surface area (Å²) in [6.45, 7) is 13.3. The maximum Gasteiger partial charge on any atom is 0.146 e. The number of aromatic amines is 1. The molecular weight excluding hydrogens is 685 g/mol. The third-order valence-corrected chi connectivity index (χ3v) is 11.3. The Morgan fingerprint density at radius 1 is 0.571 bits per heavy atom. The normalized spacial score (nSPS) is 12.1. The third-order valence-electron chi connectivity index (χ3n) is 11.3. The number of nitrogens with one attached hydrogen (secondary N) is 1. The fourth-order valence-electron chi connectivity index (χ4n) is 8.74. The Kier molecular flexibility index (Phi) is 7.62. The lowest BCUT2D eigenvalue weighted by Gasteiger charge is -2.20. The summed E-state index contributed by atoms with van der Waals surface area (Å²) < 4.78 is 4.62. The highest BCUT2D eigenvalue weighted by Crippen LogP contribution is 2.43. The van der Waals surface area contributed by atoms with Crippen molar-refractivity contribution in [3.63, 3.8) is 0 Å². The van der Waals surface area contributed by atoms with Crippen molar-refractivity contribution < 1.29 is 0 Å². The number of nitrogens with zero attached hydrogens (tertiary/aromatic N) is 5. The van der Waals surface area contributed by atoms with E-state index in [1.807, 2.05) is 12.3 Å². The maximum atomic E-state index is 5.54. The zero-order valence-corrected chi connectivity index (χ0v) is 32.5. The summed E-state index contributed by atoms with van der Waals surface area (Å²) >= 11 is 0. The Morgan fingerprint density at radius 3 is 1.95 bits per heavy atom. The Labute approximate surface area is 326 Å². The summed E-state index contributed by atoms with van der Waals surface area (Å²) in [6.07, 6.45) is 1.94. The van der Waals surface area contributed by atoms with E-state index in [4.69, 9.17) is 15.1 Å². The van der Waals surface area contributed by atoms with E-state index in [9.17, 15) is 0 Å². The number of H-pyrrole nitrogens is 1. The summed E-state index contributed by atoms with van der Waals surface area (Å²) in [6, 6.07) is 47.7. The molecule has 272 valence electrons. The zero-order chi connectivity index (χ0) is 38.3. The van der Waals surface area contributed by atoms with Crippen LogP contribution in [-0.4, -0.2) is 29.3 Å². The van der Waals surface area contributed by atoms with Gasteiger partial charge in [0.05, 0.1) is 27.9 Å². The Bertz CT molecular complexity index is 3130. The van der Waals surface area contributed by atoms with E-state index < -0.39 is 0 Å². The molecule has 10 aromatic rings. The molecular formula is C50H42N6. The molecule has 0 bridgehead atoms. The van der Waals surface area contributed by atoms with E-state index in [0.717, 1.165) is 72.7 Å². The number of benzene rings is 5. The van der Waals surface area contributed by atoms with Crippen LogP contribution in [0, 0.1) is 20.8 Å². The van der Waals surface area contributed by atoms with Crippen molar-refractivity contribution in [1.29, 1.82) is 0 Å². The van der Waals surface area contributed by atoms with Crippen molar-refractivity contribution in [3.05, 3.63) is 162 Å². The average Bonchev–Trinajstić information content (AvgIpc) is 3.87. The van der Waals surface area contributed by atoms with E-state index in [-0.39, 0.29) is 5.41 Å². The molecule has 5 heterocycles. The number of hydrogen-bond acceptors (Lipinski definition) is 3. The van der Waals surface area contributed by atoms with Crippen LogP contribution in [0.3, 0.4) is 0 Å². The number of aryl methyl sites for hydroxylation is 3. The molecule has 0 unspecified atom stereocenters. The highest BCUT2D eigenvalue weighted by molar-refractivity contribution is 6.11. The predicted octanol–water partition coefficient (Wildman–Crippen LogP) is 12.6. The summed E-state index contributed by atoms with van der Waals surface area (Å²) in [7, 11) is 0. The molecule has 0 aliphatic heterocycles. The lowest BCUT2D eigenvalue weighted by atomic mass is 9.88. The first-order valence-corrected chi connectivity index (χ1v) is 19.3.